The van der Waals surface area contributed by atoms with Gasteiger partial charge in [0.05, 0.1) is 10.8 Å². The number of hydrogen-bond donors (Lipinski definition) is 0. The van der Waals surface area contributed by atoms with Gasteiger partial charge in [0.15, 0.2) is 0 Å². The summed E-state index contributed by atoms with van der Waals surface area (Å²) in [6.07, 6.45) is -0.331. The Hall–Kier alpha value is -0.120. The van der Waals surface area contributed by atoms with Crippen LogP contribution in [0.5, 0.6) is 0 Å². The first-order valence-electron chi connectivity index (χ1n) is 4.14. The molecular formula is C9H11Cl3O3. The number of carbonyl (C=O) groups is 3. The van der Waals surface area contributed by atoms with Gasteiger partial charge in [-0.15, -0.1) is 0 Å². The van der Waals surface area contributed by atoms with E-state index in [-0.39, 0.29) is 6.42 Å². The Morgan fingerprint density at radius 1 is 0.933 bits per heavy atom. The largest absolute Gasteiger partial charge is 0.281 e. The van der Waals surface area contributed by atoms with E-state index in [4.69, 9.17) is 34.8 Å². The van der Waals surface area contributed by atoms with Gasteiger partial charge in [-0.2, -0.15) is 0 Å². The summed E-state index contributed by atoms with van der Waals surface area (Å²) in [5, 5.41) is -2.29. The van der Waals surface area contributed by atoms with Gasteiger partial charge in [-0.05, 0) is 41.7 Å². The van der Waals surface area contributed by atoms with E-state index in [2.05, 4.69) is 0 Å². The van der Waals surface area contributed by atoms with Crippen molar-refractivity contribution >= 4 is 50.5 Å². The van der Waals surface area contributed by atoms with Gasteiger partial charge in [0.2, 0.25) is 15.7 Å². The van der Waals surface area contributed by atoms with E-state index in [1.54, 1.807) is 0 Å². The highest BCUT2D eigenvalue weighted by atomic mass is 35.5. The molecule has 0 aromatic heterocycles. The molecule has 0 aromatic rings. The van der Waals surface area contributed by atoms with Gasteiger partial charge in [0.25, 0.3) is 0 Å². The van der Waals surface area contributed by atoms with Crippen LogP contribution in [0, 0.1) is 10.8 Å². The molecule has 0 aliphatic heterocycles. The molecule has 15 heavy (non-hydrogen) atoms. The van der Waals surface area contributed by atoms with Crippen molar-refractivity contribution in [3.05, 3.63) is 0 Å². The van der Waals surface area contributed by atoms with E-state index in [9.17, 15) is 14.4 Å². The molecule has 0 aliphatic carbocycles. The monoisotopic (exact) mass is 272 g/mol. The molecular weight excluding hydrogens is 262 g/mol. The van der Waals surface area contributed by atoms with Crippen molar-refractivity contribution in [2.45, 2.75) is 27.2 Å². The van der Waals surface area contributed by atoms with Crippen LogP contribution in [-0.4, -0.2) is 15.7 Å². The average Bonchev–Trinajstić information content (AvgIpc) is 2.01. The fourth-order valence-electron chi connectivity index (χ4n) is 1.03. The van der Waals surface area contributed by atoms with E-state index < -0.39 is 26.6 Å². The van der Waals surface area contributed by atoms with Crippen LogP contribution in [0.2, 0.25) is 0 Å². The lowest BCUT2D eigenvalue weighted by Gasteiger charge is -2.37. The summed E-state index contributed by atoms with van der Waals surface area (Å²) < 4.78 is 0. The predicted octanol–water partition coefficient (Wildman–Crippen LogP) is 2.71. The molecule has 1 atom stereocenters. The van der Waals surface area contributed by atoms with Gasteiger partial charge in [-0.25, -0.2) is 0 Å². The normalized spacial score (nSPS) is 15.6. The van der Waals surface area contributed by atoms with Crippen molar-refractivity contribution in [3.63, 3.8) is 0 Å². The summed E-state index contributed by atoms with van der Waals surface area (Å²) in [6.45, 7) is 4.29. The number of halogens is 3. The van der Waals surface area contributed by atoms with E-state index in [0.29, 0.717) is 0 Å². The molecule has 0 aromatic carbocycles. The quantitative estimate of drug-likeness (QED) is 0.724. The molecule has 0 rings (SSSR count). The van der Waals surface area contributed by atoms with Crippen molar-refractivity contribution in [1.82, 2.24) is 0 Å². The van der Waals surface area contributed by atoms with Crippen LogP contribution in [0.1, 0.15) is 27.2 Å². The zero-order valence-corrected chi connectivity index (χ0v) is 10.8. The molecule has 0 fully saturated rings. The van der Waals surface area contributed by atoms with Crippen molar-refractivity contribution in [1.29, 1.82) is 0 Å². The Labute approximate surface area is 103 Å². The van der Waals surface area contributed by atoms with Crippen LogP contribution in [0.15, 0.2) is 0 Å². The predicted molar refractivity (Wildman–Crippen MR) is 59.1 cm³/mol. The SMILES string of the molecule is CC(C)(C(=O)Cl)C(C)(CC(=O)Cl)C(=O)Cl. The van der Waals surface area contributed by atoms with Gasteiger partial charge in [-0.3, -0.25) is 14.4 Å². The minimum atomic E-state index is -1.40. The summed E-state index contributed by atoms with van der Waals surface area (Å²) in [5.74, 6) is 0. The van der Waals surface area contributed by atoms with E-state index >= 15 is 0 Å². The van der Waals surface area contributed by atoms with Crippen LogP contribution in [0.3, 0.4) is 0 Å². The summed E-state index contributed by atoms with van der Waals surface area (Å²) in [5.41, 5.74) is -2.65. The van der Waals surface area contributed by atoms with E-state index in [0.717, 1.165) is 0 Å². The standard InChI is InChI=1S/C9H11Cl3O3/c1-8(2,6(11)14)9(3,7(12)15)4-5(10)13/h4H2,1-3H3. The van der Waals surface area contributed by atoms with Crippen LogP contribution in [0.4, 0.5) is 0 Å². The van der Waals surface area contributed by atoms with Crippen LogP contribution < -0.4 is 0 Å². The molecule has 0 aliphatic rings. The Kier molecular flexibility index (Phi) is 4.77. The lowest BCUT2D eigenvalue weighted by Crippen LogP contribution is -2.45. The highest BCUT2D eigenvalue weighted by Crippen LogP contribution is 2.45. The second-order valence-corrected chi connectivity index (χ2v) is 5.14. The summed E-state index contributed by atoms with van der Waals surface area (Å²) in [4.78, 5) is 33.3. The minimum Gasteiger partial charge on any atom is -0.281 e. The third kappa shape index (κ3) is 2.92. The molecule has 0 N–H and O–H groups in total. The third-order valence-corrected chi connectivity index (χ3v) is 3.82. The second-order valence-electron chi connectivity index (χ2n) is 4.04. The van der Waals surface area contributed by atoms with E-state index in [1.165, 1.54) is 20.8 Å². The highest BCUT2D eigenvalue weighted by Gasteiger charge is 2.51. The zero-order valence-electron chi connectivity index (χ0n) is 8.57. The summed E-state index contributed by atoms with van der Waals surface area (Å²) in [7, 11) is 0. The smallest absolute Gasteiger partial charge is 0.229 e. The maximum atomic E-state index is 11.3. The summed E-state index contributed by atoms with van der Waals surface area (Å²) >= 11 is 16.0. The van der Waals surface area contributed by atoms with Crippen LogP contribution in [-0.2, 0) is 14.4 Å². The Balaban J connectivity index is 5.38. The fraction of sp³-hybridized carbons (Fsp3) is 0.667. The molecule has 0 heterocycles. The molecule has 0 radical (unpaired) electrons. The maximum Gasteiger partial charge on any atom is 0.229 e. The van der Waals surface area contributed by atoms with Crippen molar-refractivity contribution < 1.29 is 14.4 Å². The van der Waals surface area contributed by atoms with Gasteiger partial charge in [-0.1, -0.05) is 13.8 Å². The molecule has 0 spiro atoms. The van der Waals surface area contributed by atoms with Gasteiger partial charge in [0.1, 0.15) is 0 Å². The number of rotatable bonds is 5. The number of carbonyl (C=O) groups excluding carboxylic acids is 3. The van der Waals surface area contributed by atoms with Gasteiger partial charge < -0.3 is 0 Å². The summed E-state index contributed by atoms with van der Waals surface area (Å²) in [6, 6.07) is 0. The Morgan fingerprint density at radius 3 is 1.53 bits per heavy atom. The Morgan fingerprint density at radius 2 is 1.33 bits per heavy atom. The van der Waals surface area contributed by atoms with Crippen molar-refractivity contribution in [2.24, 2.45) is 10.8 Å². The topological polar surface area (TPSA) is 51.2 Å². The third-order valence-electron chi connectivity index (χ3n) is 2.80. The van der Waals surface area contributed by atoms with Crippen LogP contribution >= 0.6 is 34.8 Å². The van der Waals surface area contributed by atoms with Crippen molar-refractivity contribution in [2.75, 3.05) is 0 Å². The highest BCUT2D eigenvalue weighted by molar-refractivity contribution is 6.69. The lowest BCUT2D eigenvalue weighted by atomic mass is 9.66. The van der Waals surface area contributed by atoms with Gasteiger partial charge in [0, 0.05) is 6.42 Å². The van der Waals surface area contributed by atoms with Gasteiger partial charge >= 0.3 is 0 Å². The first kappa shape index (κ1) is 14.9. The zero-order chi connectivity index (χ0) is 12.4. The lowest BCUT2D eigenvalue weighted by molar-refractivity contribution is -0.138. The first-order chi connectivity index (χ1) is 6.55. The van der Waals surface area contributed by atoms with Crippen molar-refractivity contribution in [3.8, 4) is 0 Å². The Bertz CT molecular complexity index is 312. The minimum absolute atomic E-state index is 0.331. The molecule has 1 unspecified atom stereocenters. The van der Waals surface area contributed by atoms with Crippen LogP contribution in [0.25, 0.3) is 0 Å². The average molecular weight is 274 g/mol. The second kappa shape index (κ2) is 4.81. The fourth-order valence-corrected chi connectivity index (χ4v) is 1.81. The molecule has 0 saturated carbocycles. The molecule has 6 heteroatoms. The molecule has 0 amide bonds. The maximum absolute atomic E-state index is 11.3. The number of hydrogen-bond acceptors (Lipinski definition) is 3. The first-order valence-corrected chi connectivity index (χ1v) is 5.27. The molecule has 3 nitrogen and oxygen atoms in total. The molecule has 0 bridgehead atoms. The van der Waals surface area contributed by atoms with E-state index in [1.807, 2.05) is 0 Å². The molecule has 86 valence electrons. The molecule has 0 saturated heterocycles.